The summed E-state index contributed by atoms with van der Waals surface area (Å²) in [6.45, 7) is 4.29. The van der Waals surface area contributed by atoms with Crippen molar-refractivity contribution in [3.63, 3.8) is 0 Å². The van der Waals surface area contributed by atoms with E-state index in [1.54, 1.807) is 6.92 Å². The molecule has 0 radical (unpaired) electrons. The van der Waals surface area contributed by atoms with Crippen molar-refractivity contribution in [3.8, 4) is 0 Å². The van der Waals surface area contributed by atoms with Crippen molar-refractivity contribution in [2.24, 2.45) is 0 Å². The predicted molar refractivity (Wildman–Crippen MR) is 60.7 cm³/mol. The molecule has 0 aliphatic carbocycles. The molecule has 1 atom stereocenters. The standard InChI is InChI=1S/C13H18O2/c1-11(14)7-6-10-15-12(2)13-8-4-3-5-9-13/h3-5,8-9,12H,6-7,10H2,1-2H3. The normalized spacial score (nSPS) is 12.4. The molecule has 0 spiro atoms. The number of carbonyl (C=O) groups excluding carboxylic acids is 1. The quantitative estimate of drug-likeness (QED) is 0.668. The zero-order valence-electron chi connectivity index (χ0n) is 9.40. The predicted octanol–water partition coefficient (Wildman–Crippen LogP) is 3.13. The summed E-state index contributed by atoms with van der Waals surface area (Å²) in [5.41, 5.74) is 1.18. The second-order valence-corrected chi connectivity index (χ2v) is 3.73. The Kier molecular flexibility index (Phi) is 5.05. The highest BCUT2D eigenvalue weighted by Crippen LogP contribution is 2.16. The fourth-order valence-corrected chi connectivity index (χ4v) is 1.40. The Balaban J connectivity index is 2.25. The maximum atomic E-state index is 10.7. The Labute approximate surface area is 91.3 Å². The smallest absolute Gasteiger partial charge is 0.129 e. The highest BCUT2D eigenvalue weighted by Gasteiger charge is 2.04. The molecule has 0 bridgehead atoms. The molecule has 2 nitrogen and oxygen atoms in total. The highest BCUT2D eigenvalue weighted by atomic mass is 16.5. The average Bonchev–Trinajstić information content (AvgIpc) is 2.25. The van der Waals surface area contributed by atoms with Crippen LogP contribution in [0.2, 0.25) is 0 Å². The number of ether oxygens (including phenoxy) is 1. The number of Topliss-reactive ketones (excluding diaryl/α,β-unsaturated/α-hetero) is 1. The molecule has 0 saturated heterocycles. The van der Waals surface area contributed by atoms with E-state index >= 15 is 0 Å². The van der Waals surface area contributed by atoms with Crippen LogP contribution in [0, 0.1) is 0 Å². The van der Waals surface area contributed by atoms with Crippen LogP contribution in [0.15, 0.2) is 30.3 Å². The molecule has 0 heterocycles. The lowest BCUT2D eigenvalue weighted by Gasteiger charge is -2.12. The first-order valence-electron chi connectivity index (χ1n) is 5.36. The third-order valence-electron chi connectivity index (χ3n) is 2.31. The first-order chi connectivity index (χ1) is 7.20. The van der Waals surface area contributed by atoms with Crippen LogP contribution >= 0.6 is 0 Å². The van der Waals surface area contributed by atoms with Crippen LogP contribution in [0.3, 0.4) is 0 Å². The molecule has 0 saturated carbocycles. The number of hydrogen-bond donors (Lipinski definition) is 0. The summed E-state index contributed by atoms with van der Waals surface area (Å²) in [5.74, 6) is 0.228. The van der Waals surface area contributed by atoms with Crippen LogP contribution < -0.4 is 0 Å². The van der Waals surface area contributed by atoms with E-state index < -0.39 is 0 Å². The fourth-order valence-electron chi connectivity index (χ4n) is 1.40. The van der Waals surface area contributed by atoms with Gasteiger partial charge in [-0.05, 0) is 25.8 Å². The van der Waals surface area contributed by atoms with Gasteiger partial charge in [0, 0.05) is 13.0 Å². The minimum Gasteiger partial charge on any atom is -0.374 e. The third-order valence-corrected chi connectivity index (χ3v) is 2.31. The fraction of sp³-hybridized carbons (Fsp3) is 0.462. The van der Waals surface area contributed by atoms with E-state index in [4.69, 9.17) is 4.74 Å². The third kappa shape index (κ3) is 4.75. The number of ketones is 1. The lowest BCUT2D eigenvalue weighted by Crippen LogP contribution is -2.03. The molecule has 1 aromatic rings. The van der Waals surface area contributed by atoms with Gasteiger partial charge in [-0.2, -0.15) is 0 Å². The Morgan fingerprint density at radius 1 is 1.33 bits per heavy atom. The molecule has 15 heavy (non-hydrogen) atoms. The Bertz CT molecular complexity index is 293. The van der Waals surface area contributed by atoms with Crippen molar-refractivity contribution in [1.29, 1.82) is 0 Å². The van der Waals surface area contributed by atoms with Gasteiger partial charge < -0.3 is 9.53 Å². The van der Waals surface area contributed by atoms with Gasteiger partial charge in [0.05, 0.1) is 6.10 Å². The van der Waals surface area contributed by atoms with Crippen LogP contribution in [0.1, 0.15) is 38.4 Å². The van der Waals surface area contributed by atoms with E-state index in [2.05, 4.69) is 12.1 Å². The van der Waals surface area contributed by atoms with E-state index in [0.29, 0.717) is 13.0 Å². The zero-order valence-corrected chi connectivity index (χ0v) is 9.40. The van der Waals surface area contributed by atoms with Gasteiger partial charge in [-0.3, -0.25) is 0 Å². The minimum atomic E-state index is 0.109. The second-order valence-electron chi connectivity index (χ2n) is 3.73. The SMILES string of the molecule is CC(=O)CCCOC(C)c1ccccc1. The van der Waals surface area contributed by atoms with Crippen molar-refractivity contribution in [1.82, 2.24) is 0 Å². The Hall–Kier alpha value is -1.15. The molecule has 1 aromatic carbocycles. The number of rotatable bonds is 6. The largest absolute Gasteiger partial charge is 0.374 e. The van der Waals surface area contributed by atoms with Gasteiger partial charge in [0.2, 0.25) is 0 Å². The lowest BCUT2D eigenvalue weighted by molar-refractivity contribution is -0.117. The highest BCUT2D eigenvalue weighted by molar-refractivity contribution is 5.75. The molecular formula is C13H18O2. The summed E-state index contributed by atoms with van der Waals surface area (Å²) in [6.07, 6.45) is 1.53. The van der Waals surface area contributed by atoms with Gasteiger partial charge in [0.25, 0.3) is 0 Å². The first-order valence-corrected chi connectivity index (χ1v) is 5.36. The molecule has 0 amide bonds. The van der Waals surface area contributed by atoms with Crippen LogP contribution in [0.5, 0.6) is 0 Å². The summed E-state index contributed by atoms with van der Waals surface area (Å²) in [4.78, 5) is 10.7. The zero-order chi connectivity index (χ0) is 11.1. The van der Waals surface area contributed by atoms with Crippen LogP contribution in [-0.4, -0.2) is 12.4 Å². The second kappa shape index (κ2) is 6.36. The Morgan fingerprint density at radius 2 is 2.00 bits per heavy atom. The van der Waals surface area contributed by atoms with Gasteiger partial charge in [-0.15, -0.1) is 0 Å². The summed E-state index contributed by atoms with van der Waals surface area (Å²) in [7, 11) is 0. The summed E-state index contributed by atoms with van der Waals surface area (Å²) >= 11 is 0. The molecule has 1 unspecified atom stereocenters. The number of hydrogen-bond acceptors (Lipinski definition) is 2. The average molecular weight is 206 g/mol. The molecule has 0 aliphatic heterocycles. The topological polar surface area (TPSA) is 26.3 Å². The molecule has 2 heteroatoms. The lowest BCUT2D eigenvalue weighted by atomic mass is 10.1. The van der Waals surface area contributed by atoms with Gasteiger partial charge in [-0.25, -0.2) is 0 Å². The van der Waals surface area contributed by atoms with Crippen LogP contribution in [0.4, 0.5) is 0 Å². The van der Waals surface area contributed by atoms with Crippen molar-refractivity contribution >= 4 is 5.78 Å². The number of benzene rings is 1. The summed E-state index contributed by atoms with van der Waals surface area (Å²) in [6, 6.07) is 10.1. The van der Waals surface area contributed by atoms with Crippen molar-refractivity contribution in [3.05, 3.63) is 35.9 Å². The molecule has 0 fully saturated rings. The van der Waals surface area contributed by atoms with E-state index in [9.17, 15) is 4.79 Å². The van der Waals surface area contributed by atoms with Crippen LogP contribution in [0.25, 0.3) is 0 Å². The molecule has 0 N–H and O–H groups in total. The van der Waals surface area contributed by atoms with E-state index in [1.807, 2.05) is 25.1 Å². The Morgan fingerprint density at radius 3 is 2.60 bits per heavy atom. The molecular weight excluding hydrogens is 188 g/mol. The van der Waals surface area contributed by atoms with E-state index in [-0.39, 0.29) is 11.9 Å². The van der Waals surface area contributed by atoms with E-state index in [1.165, 1.54) is 5.56 Å². The molecule has 0 aliphatic rings. The maximum Gasteiger partial charge on any atom is 0.129 e. The summed E-state index contributed by atoms with van der Waals surface area (Å²) < 4.78 is 5.63. The van der Waals surface area contributed by atoms with Crippen molar-refractivity contribution in [2.75, 3.05) is 6.61 Å². The molecule has 1 rings (SSSR count). The van der Waals surface area contributed by atoms with Crippen molar-refractivity contribution < 1.29 is 9.53 Å². The van der Waals surface area contributed by atoms with Crippen molar-refractivity contribution in [2.45, 2.75) is 32.8 Å². The van der Waals surface area contributed by atoms with E-state index in [0.717, 1.165) is 6.42 Å². The van der Waals surface area contributed by atoms with Gasteiger partial charge in [0.1, 0.15) is 5.78 Å². The first kappa shape index (κ1) is 11.9. The van der Waals surface area contributed by atoms with Gasteiger partial charge >= 0.3 is 0 Å². The summed E-state index contributed by atoms with van der Waals surface area (Å²) in [5, 5.41) is 0. The van der Waals surface area contributed by atoms with Gasteiger partial charge in [0.15, 0.2) is 0 Å². The maximum absolute atomic E-state index is 10.7. The molecule has 82 valence electrons. The van der Waals surface area contributed by atoms with Crippen LogP contribution in [-0.2, 0) is 9.53 Å². The molecule has 0 aromatic heterocycles. The number of carbonyl (C=O) groups is 1. The van der Waals surface area contributed by atoms with Gasteiger partial charge in [-0.1, -0.05) is 30.3 Å². The minimum absolute atomic E-state index is 0.109. The monoisotopic (exact) mass is 206 g/mol.